The van der Waals surface area contributed by atoms with Crippen molar-refractivity contribution < 1.29 is 13.3 Å². The van der Waals surface area contributed by atoms with Gasteiger partial charge in [0.2, 0.25) is 0 Å². The molecule has 0 saturated heterocycles. The van der Waals surface area contributed by atoms with E-state index in [9.17, 15) is 0 Å². The van der Waals surface area contributed by atoms with Gasteiger partial charge in [0.05, 0.1) is 0 Å². The van der Waals surface area contributed by atoms with Gasteiger partial charge in [0.15, 0.2) is 0 Å². The van der Waals surface area contributed by atoms with Crippen molar-refractivity contribution >= 4 is 8.80 Å². The van der Waals surface area contributed by atoms with E-state index in [0.29, 0.717) is 17.8 Å². The Balaban J connectivity index is 5.44. The van der Waals surface area contributed by atoms with Crippen LogP contribution < -0.4 is 0 Å². The van der Waals surface area contributed by atoms with Gasteiger partial charge in [0.25, 0.3) is 0 Å². The van der Waals surface area contributed by atoms with Gasteiger partial charge in [-0.2, -0.15) is 0 Å². The Bertz CT molecular complexity index is 206. The van der Waals surface area contributed by atoms with Gasteiger partial charge in [0, 0.05) is 26.4 Å². The van der Waals surface area contributed by atoms with E-state index in [1.54, 1.807) is 21.3 Å². The molecule has 0 atom stereocenters. The van der Waals surface area contributed by atoms with Gasteiger partial charge in [-0.15, -0.1) is 0 Å². The fraction of sp³-hybridized carbons (Fsp3) is 1.00. The summed E-state index contributed by atoms with van der Waals surface area (Å²) in [5, 5.41) is -0.104. The molecule has 0 aromatic carbocycles. The molecule has 0 aliphatic heterocycles. The van der Waals surface area contributed by atoms with E-state index >= 15 is 0 Å². The lowest BCUT2D eigenvalue weighted by Crippen LogP contribution is -2.56. The third-order valence-electron chi connectivity index (χ3n) is 3.87. The van der Waals surface area contributed by atoms with E-state index in [0.717, 1.165) is 0 Å². The third kappa shape index (κ3) is 3.11. The highest BCUT2D eigenvalue weighted by Gasteiger charge is 2.58. The van der Waals surface area contributed by atoms with Gasteiger partial charge in [-0.05, 0) is 17.8 Å². The molecule has 0 aliphatic carbocycles. The average Bonchev–Trinajstić information content (AvgIpc) is 2.18. The Morgan fingerprint density at radius 1 is 0.765 bits per heavy atom. The lowest BCUT2D eigenvalue weighted by Gasteiger charge is -2.47. The Labute approximate surface area is 108 Å². The molecule has 0 bridgehead atoms. The SMILES string of the molecule is CO[Si](OC)(OC)C(C)(C)C(C(C)C)C(C)C. The van der Waals surface area contributed by atoms with Crippen molar-refractivity contribution in [3.05, 3.63) is 0 Å². The predicted molar refractivity (Wildman–Crippen MR) is 74.0 cm³/mol. The van der Waals surface area contributed by atoms with Crippen molar-refractivity contribution in [2.24, 2.45) is 17.8 Å². The molecule has 0 aromatic rings. The van der Waals surface area contributed by atoms with Crippen LogP contribution in [-0.2, 0) is 13.3 Å². The van der Waals surface area contributed by atoms with E-state index in [1.165, 1.54) is 0 Å². The average molecular weight is 262 g/mol. The first-order valence-corrected chi connectivity index (χ1v) is 8.08. The fourth-order valence-corrected chi connectivity index (χ4v) is 6.83. The highest BCUT2D eigenvalue weighted by atomic mass is 28.4. The second kappa shape index (κ2) is 6.32. The highest BCUT2D eigenvalue weighted by molar-refractivity contribution is 6.64. The molecule has 0 saturated carbocycles. The molecule has 0 aromatic heterocycles. The summed E-state index contributed by atoms with van der Waals surface area (Å²) in [7, 11) is 2.45. The van der Waals surface area contributed by atoms with Crippen LogP contribution in [0, 0.1) is 17.8 Å². The lowest BCUT2D eigenvalue weighted by atomic mass is 9.77. The second-order valence-corrected chi connectivity index (χ2v) is 9.53. The maximum atomic E-state index is 5.68. The van der Waals surface area contributed by atoms with Gasteiger partial charge < -0.3 is 13.3 Å². The van der Waals surface area contributed by atoms with E-state index in [2.05, 4.69) is 41.5 Å². The third-order valence-corrected chi connectivity index (χ3v) is 7.39. The zero-order valence-corrected chi connectivity index (χ0v) is 14.0. The lowest BCUT2D eigenvalue weighted by molar-refractivity contribution is 0.0600. The van der Waals surface area contributed by atoms with Gasteiger partial charge in [0.1, 0.15) is 0 Å². The molecule has 0 aliphatic rings. The predicted octanol–water partition coefficient (Wildman–Crippen LogP) is 3.57. The van der Waals surface area contributed by atoms with Crippen LogP contribution >= 0.6 is 0 Å². The molecule has 0 fully saturated rings. The van der Waals surface area contributed by atoms with Gasteiger partial charge in [-0.3, -0.25) is 0 Å². The smallest absolute Gasteiger partial charge is 0.377 e. The first-order chi connectivity index (χ1) is 7.70. The summed E-state index contributed by atoms with van der Waals surface area (Å²) in [6.45, 7) is 13.4. The molecule has 17 heavy (non-hydrogen) atoms. The topological polar surface area (TPSA) is 27.7 Å². The van der Waals surface area contributed by atoms with Crippen LogP contribution in [0.15, 0.2) is 0 Å². The first kappa shape index (κ1) is 17.1. The first-order valence-electron chi connectivity index (χ1n) is 6.35. The maximum absolute atomic E-state index is 5.68. The van der Waals surface area contributed by atoms with E-state index in [1.807, 2.05) is 0 Å². The summed E-state index contributed by atoms with van der Waals surface area (Å²) < 4.78 is 17.0. The normalized spacial score (nSPS) is 14.1. The molecule has 0 rings (SSSR count). The molecule has 0 N–H and O–H groups in total. The minimum atomic E-state index is -2.63. The Kier molecular flexibility index (Phi) is 6.35. The van der Waals surface area contributed by atoms with Crippen LogP contribution in [0.1, 0.15) is 41.5 Å². The quantitative estimate of drug-likeness (QED) is 0.656. The van der Waals surface area contributed by atoms with Crippen LogP contribution in [0.2, 0.25) is 5.04 Å². The van der Waals surface area contributed by atoms with E-state index < -0.39 is 8.80 Å². The van der Waals surface area contributed by atoms with E-state index in [4.69, 9.17) is 13.3 Å². The summed E-state index contributed by atoms with van der Waals surface area (Å²) >= 11 is 0. The van der Waals surface area contributed by atoms with Crippen molar-refractivity contribution in [3.8, 4) is 0 Å². The fourth-order valence-electron chi connectivity index (χ4n) is 3.68. The summed E-state index contributed by atoms with van der Waals surface area (Å²) in [4.78, 5) is 0. The Morgan fingerprint density at radius 3 is 1.24 bits per heavy atom. The van der Waals surface area contributed by atoms with E-state index in [-0.39, 0.29) is 5.04 Å². The minimum Gasteiger partial charge on any atom is -0.377 e. The summed E-state index contributed by atoms with van der Waals surface area (Å²) in [5.41, 5.74) is 0. The van der Waals surface area contributed by atoms with Crippen LogP contribution in [-0.4, -0.2) is 30.1 Å². The summed E-state index contributed by atoms with van der Waals surface area (Å²) in [6, 6.07) is 0. The van der Waals surface area contributed by atoms with Crippen LogP contribution in [0.25, 0.3) is 0 Å². The van der Waals surface area contributed by atoms with Crippen LogP contribution in [0.3, 0.4) is 0 Å². The zero-order valence-electron chi connectivity index (χ0n) is 13.0. The molecule has 104 valence electrons. The molecule has 0 spiro atoms. The molecule has 0 unspecified atom stereocenters. The number of hydrogen-bond acceptors (Lipinski definition) is 3. The second-order valence-electron chi connectivity index (χ2n) is 5.90. The standard InChI is InChI=1S/C13H30O3Si/c1-10(2)12(11(3)4)13(5,6)17(14-7,15-8)16-9/h10-12H,1-9H3. The van der Waals surface area contributed by atoms with Crippen molar-refractivity contribution in [3.63, 3.8) is 0 Å². The van der Waals surface area contributed by atoms with Crippen molar-refractivity contribution in [1.82, 2.24) is 0 Å². The Hall–Kier alpha value is 0.0969. The van der Waals surface area contributed by atoms with Gasteiger partial charge in [-0.1, -0.05) is 41.5 Å². The number of hydrogen-bond donors (Lipinski definition) is 0. The molecule has 0 heterocycles. The number of rotatable bonds is 7. The van der Waals surface area contributed by atoms with Crippen molar-refractivity contribution in [2.75, 3.05) is 21.3 Å². The highest BCUT2D eigenvalue weighted by Crippen LogP contribution is 2.51. The molecular weight excluding hydrogens is 232 g/mol. The zero-order chi connectivity index (χ0) is 13.9. The molecule has 0 amide bonds. The maximum Gasteiger partial charge on any atom is 0.506 e. The van der Waals surface area contributed by atoms with Gasteiger partial charge in [-0.25, -0.2) is 0 Å². The summed E-state index contributed by atoms with van der Waals surface area (Å²) in [6.07, 6.45) is 0. The molecule has 4 heteroatoms. The molecular formula is C13H30O3Si. The largest absolute Gasteiger partial charge is 0.506 e. The van der Waals surface area contributed by atoms with Gasteiger partial charge >= 0.3 is 8.80 Å². The molecule has 0 radical (unpaired) electrons. The summed E-state index contributed by atoms with van der Waals surface area (Å²) in [5.74, 6) is 1.63. The minimum absolute atomic E-state index is 0.104. The molecule has 3 nitrogen and oxygen atoms in total. The van der Waals surface area contributed by atoms with Crippen LogP contribution in [0.5, 0.6) is 0 Å². The van der Waals surface area contributed by atoms with Crippen molar-refractivity contribution in [1.29, 1.82) is 0 Å². The van der Waals surface area contributed by atoms with Crippen molar-refractivity contribution in [2.45, 2.75) is 46.6 Å². The Morgan fingerprint density at radius 2 is 1.06 bits per heavy atom. The van der Waals surface area contributed by atoms with Crippen LogP contribution in [0.4, 0.5) is 0 Å². The monoisotopic (exact) mass is 262 g/mol.